The van der Waals surface area contributed by atoms with Crippen LogP contribution >= 0.6 is 15.9 Å². The van der Waals surface area contributed by atoms with Crippen molar-refractivity contribution in [2.24, 2.45) is 0 Å². The Balaban J connectivity index is 2.63. The highest BCUT2D eigenvalue weighted by Gasteiger charge is 2.40. The molecule has 0 radical (unpaired) electrons. The third-order valence-corrected chi connectivity index (χ3v) is 2.78. The predicted molar refractivity (Wildman–Crippen MR) is 41.3 cm³/mol. The first-order chi connectivity index (χ1) is 5.04. The van der Waals surface area contributed by atoms with Gasteiger partial charge in [0.05, 0.1) is 17.0 Å². The monoisotopic (exact) mass is 226 g/mol. The molecule has 1 rings (SSSR count). The highest BCUT2D eigenvalue weighted by Crippen LogP contribution is 2.24. The Bertz CT molecular complexity index is 129. The summed E-state index contributed by atoms with van der Waals surface area (Å²) in [4.78, 5) is -0.617. The Hall–Kier alpha value is 0.320. The number of hydrogen-bond acceptors (Lipinski definition) is 4. The van der Waals surface area contributed by atoms with E-state index in [-0.39, 0.29) is 0 Å². The first kappa shape index (κ1) is 9.41. The fourth-order valence-corrected chi connectivity index (χ4v) is 1.45. The zero-order valence-corrected chi connectivity index (χ0v) is 7.60. The number of aliphatic hydroxyl groups is 3. The van der Waals surface area contributed by atoms with E-state index in [2.05, 4.69) is 15.9 Å². The molecule has 0 saturated carbocycles. The molecule has 1 fully saturated rings. The van der Waals surface area contributed by atoms with Crippen molar-refractivity contribution in [1.29, 1.82) is 0 Å². The van der Waals surface area contributed by atoms with E-state index >= 15 is 0 Å². The zero-order valence-electron chi connectivity index (χ0n) is 6.01. The predicted octanol–water partition coefficient (Wildman–Crippen LogP) is -0.791. The maximum absolute atomic E-state index is 9.25. The number of halogens is 1. The number of rotatable bonds is 0. The molecular formula is C6H11BrO4. The van der Waals surface area contributed by atoms with Gasteiger partial charge in [0.2, 0.25) is 0 Å². The van der Waals surface area contributed by atoms with Gasteiger partial charge in [-0.3, -0.25) is 0 Å². The molecule has 0 amide bonds. The van der Waals surface area contributed by atoms with Gasteiger partial charge in [0.1, 0.15) is 6.10 Å². The van der Waals surface area contributed by atoms with Gasteiger partial charge in [-0.25, -0.2) is 0 Å². The van der Waals surface area contributed by atoms with Crippen LogP contribution in [0, 0.1) is 0 Å². The topological polar surface area (TPSA) is 69.9 Å². The van der Waals surface area contributed by atoms with Crippen molar-refractivity contribution in [2.75, 3.05) is 0 Å². The van der Waals surface area contributed by atoms with E-state index in [1.54, 1.807) is 6.92 Å². The van der Waals surface area contributed by atoms with Gasteiger partial charge in [-0.2, -0.15) is 0 Å². The lowest BCUT2D eigenvalue weighted by Crippen LogP contribution is -2.54. The van der Waals surface area contributed by atoms with Crippen LogP contribution in [0.3, 0.4) is 0 Å². The van der Waals surface area contributed by atoms with Crippen LogP contribution in [0.1, 0.15) is 6.92 Å². The summed E-state index contributed by atoms with van der Waals surface area (Å²) >= 11 is 3.00. The Kier molecular flexibility index (Phi) is 2.88. The summed E-state index contributed by atoms with van der Waals surface area (Å²) in [5.74, 6) is 0. The minimum Gasteiger partial charge on any atom is -0.389 e. The highest BCUT2D eigenvalue weighted by atomic mass is 79.9. The summed E-state index contributed by atoms with van der Waals surface area (Å²) in [5, 5.41) is 27.6. The summed E-state index contributed by atoms with van der Waals surface area (Å²) in [6, 6.07) is 0. The van der Waals surface area contributed by atoms with E-state index in [1.165, 1.54) is 0 Å². The van der Waals surface area contributed by atoms with Crippen molar-refractivity contribution in [1.82, 2.24) is 0 Å². The molecule has 0 aromatic carbocycles. The number of hydrogen-bond donors (Lipinski definition) is 3. The van der Waals surface area contributed by atoms with Crippen LogP contribution in [0.4, 0.5) is 0 Å². The van der Waals surface area contributed by atoms with E-state index in [0.29, 0.717) is 0 Å². The fourth-order valence-electron chi connectivity index (χ4n) is 1.01. The van der Waals surface area contributed by atoms with Gasteiger partial charge >= 0.3 is 0 Å². The molecule has 0 aliphatic carbocycles. The molecule has 11 heavy (non-hydrogen) atoms. The zero-order chi connectivity index (χ0) is 8.59. The Morgan fingerprint density at radius 3 is 2.27 bits per heavy atom. The van der Waals surface area contributed by atoms with Gasteiger partial charge in [-0.05, 0) is 6.92 Å². The standard InChI is InChI=1S/C6H11BrO4/c1-2-4(8)5(9)3(7)6(10)11-2/h2-6,8-10H,1H3/t2?,3?,4?,5?,6-/m1/s1. The lowest BCUT2D eigenvalue weighted by molar-refractivity contribution is -0.220. The van der Waals surface area contributed by atoms with Crippen molar-refractivity contribution in [3.05, 3.63) is 0 Å². The van der Waals surface area contributed by atoms with Gasteiger partial charge in [0, 0.05) is 0 Å². The van der Waals surface area contributed by atoms with Crippen LogP contribution in [0.25, 0.3) is 0 Å². The van der Waals surface area contributed by atoms with Gasteiger partial charge in [-0.15, -0.1) is 0 Å². The van der Waals surface area contributed by atoms with Crippen LogP contribution in [0.15, 0.2) is 0 Å². The van der Waals surface area contributed by atoms with Crippen molar-refractivity contribution >= 4 is 15.9 Å². The first-order valence-electron chi connectivity index (χ1n) is 3.37. The van der Waals surface area contributed by atoms with Crippen molar-refractivity contribution < 1.29 is 20.1 Å². The maximum atomic E-state index is 9.25. The molecule has 0 bridgehead atoms. The second kappa shape index (κ2) is 3.37. The second-order valence-corrected chi connectivity index (χ2v) is 3.71. The van der Waals surface area contributed by atoms with Gasteiger partial charge in [0.15, 0.2) is 6.29 Å². The molecule has 66 valence electrons. The third-order valence-electron chi connectivity index (χ3n) is 1.78. The van der Waals surface area contributed by atoms with Crippen molar-refractivity contribution in [3.8, 4) is 0 Å². The second-order valence-electron chi connectivity index (χ2n) is 2.66. The Morgan fingerprint density at radius 1 is 1.18 bits per heavy atom. The van der Waals surface area contributed by atoms with Crippen LogP contribution in [-0.4, -0.2) is 44.7 Å². The van der Waals surface area contributed by atoms with Gasteiger partial charge in [-0.1, -0.05) is 15.9 Å². The van der Waals surface area contributed by atoms with Crippen LogP contribution in [0.5, 0.6) is 0 Å². The van der Waals surface area contributed by atoms with E-state index in [4.69, 9.17) is 9.84 Å². The average molecular weight is 227 g/mol. The van der Waals surface area contributed by atoms with Crippen molar-refractivity contribution in [3.63, 3.8) is 0 Å². The molecule has 5 heteroatoms. The molecule has 4 unspecified atom stereocenters. The number of aliphatic hydroxyl groups excluding tert-OH is 3. The minimum absolute atomic E-state index is 0.534. The lowest BCUT2D eigenvalue weighted by atomic mass is 10.0. The molecule has 1 heterocycles. The lowest BCUT2D eigenvalue weighted by Gasteiger charge is -2.36. The summed E-state index contributed by atoms with van der Waals surface area (Å²) in [7, 11) is 0. The molecule has 0 aromatic rings. The summed E-state index contributed by atoms with van der Waals surface area (Å²) in [6.07, 6.45) is -3.51. The molecule has 1 saturated heterocycles. The largest absolute Gasteiger partial charge is 0.389 e. The van der Waals surface area contributed by atoms with Crippen LogP contribution < -0.4 is 0 Å². The van der Waals surface area contributed by atoms with Crippen molar-refractivity contribution in [2.45, 2.75) is 36.4 Å². The smallest absolute Gasteiger partial charge is 0.170 e. The molecule has 1 aliphatic rings. The summed E-state index contributed by atoms with van der Waals surface area (Å²) in [5.41, 5.74) is 0. The van der Waals surface area contributed by atoms with E-state index in [0.717, 1.165) is 0 Å². The third kappa shape index (κ3) is 1.73. The molecule has 0 aromatic heterocycles. The van der Waals surface area contributed by atoms with E-state index in [1.807, 2.05) is 0 Å². The fraction of sp³-hybridized carbons (Fsp3) is 1.00. The van der Waals surface area contributed by atoms with Gasteiger partial charge < -0.3 is 20.1 Å². The highest BCUT2D eigenvalue weighted by molar-refractivity contribution is 9.09. The van der Waals surface area contributed by atoms with Crippen LogP contribution in [-0.2, 0) is 4.74 Å². The van der Waals surface area contributed by atoms with Crippen LogP contribution in [0.2, 0.25) is 0 Å². The Labute approximate surface area is 72.9 Å². The number of alkyl halides is 1. The SMILES string of the molecule is CC1O[C@@H](O)C(Br)C(O)C1O. The molecule has 1 aliphatic heterocycles. The quantitative estimate of drug-likeness (QED) is 0.474. The van der Waals surface area contributed by atoms with E-state index in [9.17, 15) is 10.2 Å². The Morgan fingerprint density at radius 2 is 1.73 bits per heavy atom. The maximum Gasteiger partial charge on any atom is 0.170 e. The molecular weight excluding hydrogens is 216 g/mol. The molecule has 3 N–H and O–H groups in total. The molecule has 0 spiro atoms. The molecule has 5 atom stereocenters. The number of ether oxygens (including phenoxy) is 1. The first-order valence-corrected chi connectivity index (χ1v) is 4.29. The summed E-state index contributed by atoms with van der Waals surface area (Å²) in [6.45, 7) is 1.59. The average Bonchev–Trinajstić information content (AvgIpc) is 1.97. The summed E-state index contributed by atoms with van der Waals surface area (Å²) < 4.78 is 4.88. The minimum atomic E-state index is -1.05. The van der Waals surface area contributed by atoms with E-state index < -0.39 is 29.4 Å². The van der Waals surface area contributed by atoms with Gasteiger partial charge in [0.25, 0.3) is 0 Å². The normalized spacial score (nSPS) is 52.6. The molecule has 4 nitrogen and oxygen atoms in total.